The van der Waals surface area contributed by atoms with Crippen LogP contribution in [0.4, 0.5) is 0 Å². The van der Waals surface area contributed by atoms with Gasteiger partial charge in [-0.05, 0) is 55.1 Å². The van der Waals surface area contributed by atoms with Gasteiger partial charge in [-0.3, -0.25) is 9.36 Å². The van der Waals surface area contributed by atoms with Gasteiger partial charge < -0.3 is 15.1 Å². The number of rotatable bonds is 6. The van der Waals surface area contributed by atoms with E-state index in [0.29, 0.717) is 18.0 Å². The smallest absolute Gasteiger partial charge is 0.408 e. The second-order valence-electron chi connectivity index (χ2n) is 8.20. The Balaban J connectivity index is 1.43. The fourth-order valence-corrected chi connectivity index (χ4v) is 4.28. The largest absolute Gasteiger partial charge is 0.419 e. The van der Waals surface area contributed by atoms with Crippen LogP contribution in [0.2, 0.25) is 0 Å². The van der Waals surface area contributed by atoms with Crippen molar-refractivity contribution in [3.8, 4) is 17.2 Å². The second-order valence-corrected chi connectivity index (χ2v) is 8.20. The summed E-state index contributed by atoms with van der Waals surface area (Å²) in [5.41, 5.74) is 4.25. The highest BCUT2D eigenvalue weighted by atomic mass is 16.4. The maximum atomic E-state index is 12.5. The molecule has 160 valence electrons. The summed E-state index contributed by atoms with van der Waals surface area (Å²) in [7, 11) is 3.60. The van der Waals surface area contributed by atoms with Crippen molar-refractivity contribution in [3.63, 3.8) is 0 Å². The number of fused-ring (bicyclic) bond motifs is 1. The molecular weight excluding hydrogens is 392 g/mol. The number of nitriles is 1. The molecule has 1 aromatic heterocycles. The van der Waals surface area contributed by atoms with Crippen molar-refractivity contribution in [3.05, 3.63) is 58.6 Å². The van der Waals surface area contributed by atoms with Gasteiger partial charge in [0, 0.05) is 25.4 Å². The molecule has 0 bridgehead atoms. The zero-order chi connectivity index (χ0) is 22.0. The van der Waals surface area contributed by atoms with Gasteiger partial charge in [0.15, 0.2) is 5.58 Å². The van der Waals surface area contributed by atoms with Gasteiger partial charge in [0.05, 0.1) is 11.6 Å². The van der Waals surface area contributed by atoms with Crippen molar-refractivity contribution in [1.82, 2.24) is 15.2 Å². The molecule has 2 aromatic carbocycles. The summed E-state index contributed by atoms with van der Waals surface area (Å²) in [5, 5.41) is 15.7. The molecule has 4 rings (SSSR count). The number of aryl methyl sites for hydroxylation is 1. The lowest BCUT2D eigenvalue weighted by Crippen LogP contribution is -2.39. The molecule has 7 heteroatoms. The zero-order valence-corrected chi connectivity index (χ0v) is 17.7. The summed E-state index contributed by atoms with van der Waals surface area (Å²) >= 11 is 0. The highest BCUT2D eigenvalue weighted by molar-refractivity contribution is 5.81. The molecule has 7 nitrogen and oxygen atoms in total. The monoisotopic (exact) mass is 418 g/mol. The molecule has 0 aliphatic heterocycles. The van der Waals surface area contributed by atoms with E-state index < -0.39 is 6.04 Å². The summed E-state index contributed by atoms with van der Waals surface area (Å²) in [4.78, 5) is 24.2. The van der Waals surface area contributed by atoms with Crippen LogP contribution in [0.15, 0.2) is 51.7 Å². The number of hydrogen-bond donors (Lipinski definition) is 2. The summed E-state index contributed by atoms with van der Waals surface area (Å²) in [6.45, 7) is 0. The van der Waals surface area contributed by atoms with Gasteiger partial charge in [-0.15, -0.1) is 0 Å². The fourth-order valence-electron chi connectivity index (χ4n) is 4.28. The van der Waals surface area contributed by atoms with Gasteiger partial charge >= 0.3 is 5.76 Å². The van der Waals surface area contributed by atoms with Gasteiger partial charge in [-0.2, -0.15) is 5.26 Å². The molecule has 1 aliphatic rings. The highest BCUT2D eigenvalue weighted by Gasteiger charge is 2.30. The summed E-state index contributed by atoms with van der Waals surface area (Å²) in [6, 6.07) is 15.6. The molecule has 3 unspecified atom stereocenters. The van der Waals surface area contributed by atoms with Crippen LogP contribution >= 0.6 is 0 Å². The van der Waals surface area contributed by atoms with E-state index in [-0.39, 0.29) is 17.6 Å². The number of amides is 1. The average molecular weight is 418 g/mol. The van der Waals surface area contributed by atoms with Crippen LogP contribution in [0.25, 0.3) is 22.2 Å². The highest BCUT2D eigenvalue weighted by Crippen LogP contribution is 2.26. The van der Waals surface area contributed by atoms with Crippen LogP contribution in [0.1, 0.15) is 24.8 Å². The zero-order valence-electron chi connectivity index (χ0n) is 17.7. The number of carbonyl (C=O) groups is 1. The lowest BCUT2D eigenvalue weighted by atomic mass is 10.00. The van der Waals surface area contributed by atoms with E-state index >= 15 is 0 Å². The maximum absolute atomic E-state index is 12.5. The topological polar surface area (TPSA) is 100 Å². The van der Waals surface area contributed by atoms with E-state index in [1.807, 2.05) is 43.4 Å². The number of nitrogens with zero attached hydrogens (tertiary/aromatic N) is 2. The molecule has 3 atom stereocenters. The second kappa shape index (κ2) is 8.78. The maximum Gasteiger partial charge on any atom is 0.419 e. The average Bonchev–Trinajstić information content (AvgIpc) is 3.38. The van der Waals surface area contributed by atoms with Crippen molar-refractivity contribution in [1.29, 1.82) is 5.26 Å². The molecule has 2 N–H and O–H groups in total. The molecule has 1 fully saturated rings. The molecule has 31 heavy (non-hydrogen) atoms. The van der Waals surface area contributed by atoms with Crippen LogP contribution < -0.4 is 16.4 Å². The Morgan fingerprint density at radius 1 is 1.23 bits per heavy atom. The summed E-state index contributed by atoms with van der Waals surface area (Å²) < 4.78 is 6.67. The van der Waals surface area contributed by atoms with Gasteiger partial charge in [0.2, 0.25) is 5.91 Å². The molecule has 0 spiro atoms. The lowest BCUT2D eigenvalue weighted by molar-refractivity contribution is -0.125. The number of hydrogen-bond acceptors (Lipinski definition) is 5. The first-order chi connectivity index (χ1) is 15.0. The third-order valence-corrected chi connectivity index (χ3v) is 6.20. The van der Waals surface area contributed by atoms with Crippen molar-refractivity contribution in [2.24, 2.45) is 13.0 Å². The van der Waals surface area contributed by atoms with Crippen LogP contribution in [0, 0.1) is 17.2 Å². The predicted molar refractivity (Wildman–Crippen MR) is 118 cm³/mol. The molecular formula is C24H26N4O3. The van der Waals surface area contributed by atoms with E-state index in [9.17, 15) is 14.9 Å². The standard InChI is InChI=1S/C24H26N4O3/c1-26-19-9-7-18(12-19)23(29)27-20(14-25)11-15-3-5-16(6-4-15)17-8-10-22-21(13-17)28(2)24(30)31-22/h3-6,8,10,13,18-20,26H,7,9,11-12H2,1-2H3,(H,27,29). The SMILES string of the molecule is CNC1CCC(C(=O)NC(C#N)Cc2ccc(-c3ccc4oc(=O)n(C)c4c3)cc2)C1. The van der Waals surface area contributed by atoms with Gasteiger partial charge in [0.1, 0.15) is 6.04 Å². The number of carbonyl (C=O) groups excluding carboxylic acids is 1. The minimum absolute atomic E-state index is 0.0236. The number of oxazole rings is 1. The molecule has 1 amide bonds. The number of aromatic nitrogens is 1. The normalized spacial score (nSPS) is 19.3. The van der Waals surface area contributed by atoms with Crippen molar-refractivity contribution in [2.45, 2.75) is 37.8 Å². The van der Waals surface area contributed by atoms with E-state index in [0.717, 1.165) is 41.5 Å². The Morgan fingerprint density at radius 2 is 1.97 bits per heavy atom. The van der Waals surface area contributed by atoms with Crippen LogP contribution in [0.5, 0.6) is 0 Å². The van der Waals surface area contributed by atoms with Gasteiger partial charge in [-0.1, -0.05) is 30.3 Å². The Hall–Kier alpha value is -3.37. The third kappa shape index (κ3) is 4.39. The quantitative estimate of drug-likeness (QED) is 0.641. The first kappa shape index (κ1) is 20.9. The summed E-state index contributed by atoms with van der Waals surface area (Å²) in [5.74, 6) is -0.435. The molecule has 1 saturated carbocycles. The van der Waals surface area contributed by atoms with Crippen molar-refractivity contribution in [2.75, 3.05) is 7.05 Å². The molecule has 1 heterocycles. The van der Waals surface area contributed by atoms with E-state index in [2.05, 4.69) is 16.7 Å². The van der Waals surface area contributed by atoms with E-state index in [1.165, 1.54) is 4.57 Å². The van der Waals surface area contributed by atoms with Crippen molar-refractivity contribution < 1.29 is 9.21 Å². The minimum Gasteiger partial charge on any atom is -0.408 e. The molecule has 0 saturated heterocycles. The Bertz CT molecular complexity index is 1190. The predicted octanol–water partition coefficient (Wildman–Crippen LogP) is 2.74. The van der Waals surface area contributed by atoms with E-state index in [4.69, 9.17) is 4.42 Å². The van der Waals surface area contributed by atoms with Crippen molar-refractivity contribution >= 4 is 17.0 Å². The van der Waals surface area contributed by atoms with Crippen LogP contribution in [-0.2, 0) is 18.3 Å². The Labute approximate surface area is 180 Å². The van der Waals surface area contributed by atoms with Crippen LogP contribution in [0.3, 0.4) is 0 Å². The first-order valence-electron chi connectivity index (χ1n) is 10.5. The first-order valence-corrected chi connectivity index (χ1v) is 10.5. The Kier molecular flexibility index (Phi) is 5.92. The lowest BCUT2D eigenvalue weighted by Gasteiger charge is -2.16. The molecule has 1 aliphatic carbocycles. The number of nitrogens with one attached hydrogen (secondary N) is 2. The van der Waals surface area contributed by atoms with E-state index in [1.54, 1.807) is 13.1 Å². The third-order valence-electron chi connectivity index (χ3n) is 6.20. The molecule has 3 aromatic rings. The minimum atomic E-state index is -0.552. The summed E-state index contributed by atoms with van der Waals surface area (Å²) in [6.07, 6.45) is 3.13. The van der Waals surface area contributed by atoms with Gasteiger partial charge in [-0.25, -0.2) is 4.79 Å². The van der Waals surface area contributed by atoms with Crippen LogP contribution in [-0.4, -0.2) is 29.6 Å². The number of benzene rings is 2. The molecule has 0 radical (unpaired) electrons. The Morgan fingerprint density at radius 3 is 2.65 bits per heavy atom. The fraction of sp³-hybridized carbons (Fsp3) is 0.375. The van der Waals surface area contributed by atoms with Gasteiger partial charge in [0.25, 0.3) is 0 Å².